The van der Waals surface area contributed by atoms with Gasteiger partial charge in [-0.2, -0.15) is 5.10 Å². The number of aromatic amines is 1. The van der Waals surface area contributed by atoms with Gasteiger partial charge in [-0.3, -0.25) is 9.89 Å². The van der Waals surface area contributed by atoms with Crippen LogP contribution < -0.4 is 10.6 Å². The molecule has 0 aromatic carbocycles. The molecule has 6 nitrogen and oxygen atoms in total. The van der Waals surface area contributed by atoms with Crippen LogP contribution in [0.4, 0.5) is 0 Å². The molecule has 0 saturated carbocycles. The Labute approximate surface area is 75.1 Å². The van der Waals surface area contributed by atoms with Crippen molar-refractivity contribution in [1.29, 1.82) is 0 Å². The van der Waals surface area contributed by atoms with Gasteiger partial charge in [0.25, 0.3) is 0 Å². The number of hydrogen-bond donors (Lipinski definition) is 3. The fourth-order valence-corrected chi connectivity index (χ4v) is 1.34. The molecular formula is C7H11N5O. The first-order chi connectivity index (χ1) is 6.36. The summed E-state index contributed by atoms with van der Waals surface area (Å²) in [6.45, 7) is 1.51. The van der Waals surface area contributed by atoms with Gasteiger partial charge >= 0.3 is 0 Å². The normalized spacial score (nSPS) is 22.8. The summed E-state index contributed by atoms with van der Waals surface area (Å²) in [7, 11) is 0. The first-order valence-electron chi connectivity index (χ1n) is 4.21. The monoisotopic (exact) mass is 181 g/mol. The molecule has 1 aromatic rings. The Morgan fingerprint density at radius 1 is 1.54 bits per heavy atom. The Bertz CT molecular complexity index is 283. The average molecular weight is 181 g/mol. The number of H-pyrrole nitrogens is 1. The Balaban J connectivity index is 1.97. The molecule has 2 rings (SSSR count). The summed E-state index contributed by atoms with van der Waals surface area (Å²) in [5.74, 6) is 0.761. The lowest BCUT2D eigenvalue weighted by atomic mass is 10.1. The van der Waals surface area contributed by atoms with Gasteiger partial charge in [-0.25, -0.2) is 4.98 Å². The average Bonchev–Trinajstić information content (AvgIpc) is 2.61. The second-order valence-electron chi connectivity index (χ2n) is 2.93. The third-order valence-corrected chi connectivity index (χ3v) is 1.99. The minimum absolute atomic E-state index is 0.0302. The second-order valence-corrected chi connectivity index (χ2v) is 2.93. The predicted octanol–water partition coefficient (Wildman–Crippen LogP) is -1.56. The van der Waals surface area contributed by atoms with Crippen molar-refractivity contribution < 1.29 is 4.79 Å². The molecule has 2 heterocycles. The molecule has 1 aliphatic heterocycles. The molecule has 1 aromatic heterocycles. The van der Waals surface area contributed by atoms with Crippen LogP contribution >= 0.6 is 0 Å². The van der Waals surface area contributed by atoms with E-state index in [1.54, 1.807) is 0 Å². The summed E-state index contributed by atoms with van der Waals surface area (Å²) in [6, 6.07) is -0.179. The van der Waals surface area contributed by atoms with Crippen LogP contribution in [0.15, 0.2) is 6.33 Å². The maximum absolute atomic E-state index is 11.3. The molecular weight excluding hydrogens is 170 g/mol. The molecule has 70 valence electrons. The van der Waals surface area contributed by atoms with E-state index in [1.165, 1.54) is 6.33 Å². The van der Waals surface area contributed by atoms with Gasteiger partial charge in [0.2, 0.25) is 5.91 Å². The second kappa shape index (κ2) is 3.53. The van der Waals surface area contributed by atoms with Crippen molar-refractivity contribution in [3.8, 4) is 0 Å². The maximum Gasteiger partial charge on any atom is 0.237 e. The van der Waals surface area contributed by atoms with E-state index in [1.807, 2.05) is 0 Å². The summed E-state index contributed by atoms with van der Waals surface area (Å²) in [5, 5.41) is 12.3. The lowest BCUT2D eigenvalue weighted by molar-refractivity contribution is -0.124. The number of rotatable bonds is 2. The lowest BCUT2D eigenvalue weighted by Crippen LogP contribution is -2.53. The highest BCUT2D eigenvalue weighted by molar-refractivity contribution is 5.82. The molecule has 1 unspecified atom stereocenters. The van der Waals surface area contributed by atoms with Crippen molar-refractivity contribution in [3.63, 3.8) is 0 Å². The maximum atomic E-state index is 11.3. The first kappa shape index (κ1) is 8.18. The zero-order chi connectivity index (χ0) is 9.10. The highest BCUT2D eigenvalue weighted by Gasteiger charge is 2.22. The number of nitrogens with one attached hydrogen (secondary N) is 3. The van der Waals surface area contributed by atoms with E-state index in [0.29, 0.717) is 13.0 Å². The number of piperazine rings is 1. The Morgan fingerprint density at radius 2 is 2.46 bits per heavy atom. The van der Waals surface area contributed by atoms with Gasteiger partial charge in [-0.1, -0.05) is 0 Å². The number of hydrogen-bond acceptors (Lipinski definition) is 4. The van der Waals surface area contributed by atoms with Crippen molar-refractivity contribution in [2.24, 2.45) is 0 Å². The fraction of sp³-hybridized carbons (Fsp3) is 0.571. The standard InChI is InChI=1S/C7H11N5O/c13-7-5(8-1-2-9-7)3-6-10-4-11-12-6/h4-5,8H,1-3H2,(H,9,13)(H,10,11,12). The lowest BCUT2D eigenvalue weighted by Gasteiger charge is -2.22. The van der Waals surface area contributed by atoms with Crippen molar-refractivity contribution in [1.82, 2.24) is 25.8 Å². The minimum atomic E-state index is -0.179. The molecule has 1 aliphatic rings. The Kier molecular flexibility index (Phi) is 2.22. The van der Waals surface area contributed by atoms with Gasteiger partial charge in [0, 0.05) is 19.5 Å². The van der Waals surface area contributed by atoms with Crippen LogP contribution in [0.2, 0.25) is 0 Å². The first-order valence-corrected chi connectivity index (χ1v) is 4.21. The highest BCUT2D eigenvalue weighted by Crippen LogP contribution is 1.97. The van der Waals surface area contributed by atoms with Crippen molar-refractivity contribution in [2.75, 3.05) is 13.1 Å². The number of carbonyl (C=O) groups excluding carboxylic acids is 1. The molecule has 3 N–H and O–H groups in total. The van der Waals surface area contributed by atoms with Crippen LogP contribution in [-0.2, 0) is 11.2 Å². The van der Waals surface area contributed by atoms with Gasteiger partial charge in [0.05, 0.1) is 6.04 Å². The third kappa shape index (κ3) is 1.83. The van der Waals surface area contributed by atoms with Crippen LogP contribution in [0.1, 0.15) is 5.82 Å². The molecule has 13 heavy (non-hydrogen) atoms. The topological polar surface area (TPSA) is 82.7 Å². The number of carbonyl (C=O) groups is 1. The van der Waals surface area contributed by atoms with Gasteiger partial charge in [0.1, 0.15) is 12.2 Å². The van der Waals surface area contributed by atoms with Crippen LogP contribution in [-0.4, -0.2) is 40.2 Å². The molecule has 0 aliphatic carbocycles. The Morgan fingerprint density at radius 3 is 3.15 bits per heavy atom. The smallest absolute Gasteiger partial charge is 0.237 e. The van der Waals surface area contributed by atoms with Crippen molar-refractivity contribution in [3.05, 3.63) is 12.2 Å². The highest BCUT2D eigenvalue weighted by atomic mass is 16.2. The van der Waals surface area contributed by atoms with Gasteiger partial charge in [-0.05, 0) is 0 Å². The van der Waals surface area contributed by atoms with Crippen LogP contribution in [0, 0.1) is 0 Å². The van der Waals surface area contributed by atoms with E-state index >= 15 is 0 Å². The Hall–Kier alpha value is -1.43. The van der Waals surface area contributed by atoms with Gasteiger partial charge < -0.3 is 10.6 Å². The summed E-state index contributed by atoms with van der Waals surface area (Å²) in [4.78, 5) is 15.2. The fourth-order valence-electron chi connectivity index (χ4n) is 1.34. The molecule has 1 atom stereocenters. The molecule has 1 amide bonds. The predicted molar refractivity (Wildman–Crippen MR) is 44.9 cm³/mol. The molecule has 0 spiro atoms. The van der Waals surface area contributed by atoms with E-state index < -0.39 is 0 Å². The van der Waals surface area contributed by atoms with Crippen LogP contribution in [0.5, 0.6) is 0 Å². The van der Waals surface area contributed by atoms with Crippen molar-refractivity contribution >= 4 is 5.91 Å². The summed E-state index contributed by atoms with van der Waals surface area (Å²) < 4.78 is 0. The molecule has 0 bridgehead atoms. The molecule has 1 fully saturated rings. The van der Waals surface area contributed by atoms with E-state index in [2.05, 4.69) is 25.8 Å². The quantitative estimate of drug-likeness (QED) is 0.515. The van der Waals surface area contributed by atoms with Crippen LogP contribution in [0.3, 0.4) is 0 Å². The third-order valence-electron chi connectivity index (χ3n) is 1.99. The number of amides is 1. The number of nitrogens with zero attached hydrogens (tertiary/aromatic N) is 2. The SMILES string of the molecule is O=C1NCCNC1Cc1ncn[nH]1. The molecule has 6 heteroatoms. The molecule has 0 radical (unpaired) electrons. The van der Waals surface area contributed by atoms with Gasteiger partial charge in [0.15, 0.2) is 0 Å². The van der Waals surface area contributed by atoms with Gasteiger partial charge in [-0.15, -0.1) is 0 Å². The minimum Gasteiger partial charge on any atom is -0.353 e. The van der Waals surface area contributed by atoms with Crippen molar-refractivity contribution in [2.45, 2.75) is 12.5 Å². The van der Waals surface area contributed by atoms with E-state index in [-0.39, 0.29) is 11.9 Å². The summed E-state index contributed by atoms with van der Waals surface area (Å²) in [5.41, 5.74) is 0. The summed E-state index contributed by atoms with van der Waals surface area (Å²) in [6.07, 6.45) is 2.00. The zero-order valence-electron chi connectivity index (χ0n) is 7.08. The largest absolute Gasteiger partial charge is 0.353 e. The van der Waals surface area contributed by atoms with E-state index in [9.17, 15) is 4.79 Å². The number of aromatic nitrogens is 3. The molecule has 1 saturated heterocycles. The summed E-state index contributed by atoms with van der Waals surface area (Å²) >= 11 is 0. The van der Waals surface area contributed by atoms with Crippen LogP contribution in [0.25, 0.3) is 0 Å². The zero-order valence-corrected chi connectivity index (χ0v) is 7.08. The van der Waals surface area contributed by atoms with E-state index in [4.69, 9.17) is 0 Å². The van der Waals surface area contributed by atoms with E-state index in [0.717, 1.165) is 12.4 Å².